The van der Waals surface area contributed by atoms with Crippen molar-refractivity contribution < 1.29 is 19.1 Å². The van der Waals surface area contributed by atoms with Gasteiger partial charge in [0, 0.05) is 4.90 Å². The Morgan fingerprint density at radius 3 is 2.58 bits per heavy atom. The van der Waals surface area contributed by atoms with Crippen LogP contribution in [0, 0.1) is 6.92 Å². The maximum atomic E-state index is 12.3. The quantitative estimate of drug-likeness (QED) is 0.567. The first-order valence-electron chi connectivity index (χ1n) is 7.81. The Morgan fingerprint density at radius 2 is 1.88 bits per heavy atom. The minimum Gasteiger partial charge on any atom is -0.452 e. The summed E-state index contributed by atoms with van der Waals surface area (Å²) in [5.74, 6) is -0.844. The van der Waals surface area contributed by atoms with E-state index in [0.717, 1.165) is 5.56 Å². The second-order valence-corrected chi connectivity index (χ2v) is 7.02. The molecule has 0 atom stereocenters. The van der Waals surface area contributed by atoms with Gasteiger partial charge in [0.15, 0.2) is 6.61 Å². The maximum absolute atomic E-state index is 12.3. The molecule has 0 aromatic heterocycles. The number of ether oxygens (including phenoxy) is 1. The van der Waals surface area contributed by atoms with Gasteiger partial charge in [-0.15, -0.1) is 11.8 Å². The molecule has 2 rings (SSSR count). The third-order valence-corrected chi connectivity index (χ3v) is 4.80. The van der Waals surface area contributed by atoms with Gasteiger partial charge in [-0.2, -0.15) is 0 Å². The molecule has 0 bridgehead atoms. The molecule has 0 aliphatic carbocycles. The first kappa shape index (κ1) is 20.0. The fourth-order valence-electron chi connectivity index (χ4n) is 2.06. The van der Waals surface area contributed by atoms with Crippen LogP contribution in [0.1, 0.15) is 22.8 Å². The number of carbonyl (C=O) groups excluding carboxylic acids is 3. The van der Waals surface area contributed by atoms with Gasteiger partial charge < -0.3 is 10.1 Å². The van der Waals surface area contributed by atoms with Gasteiger partial charge in [-0.05, 0) is 43.7 Å². The first-order chi connectivity index (χ1) is 12.4. The molecule has 1 N–H and O–H groups in total. The lowest BCUT2D eigenvalue weighted by atomic mass is 10.2. The van der Waals surface area contributed by atoms with E-state index in [1.807, 2.05) is 13.0 Å². The molecular weight excluding hydrogens is 374 g/mol. The van der Waals surface area contributed by atoms with Gasteiger partial charge in [-0.3, -0.25) is 9.59 Å². The van der Waals surface area contributed by atoms with Crippen LogP contribution < -0.4 is 5.32 Å². The molecule has 2 aromatic carbocycles. The van der Waals surface area contributed by atoms with E-state index in [0.29, 0.717) is 21.2 Å². The number of amides is 1. The number of anilines is 1. The average Bonchev–Trinajstić information content (AvgIpc) is 2.60. The van der Waals surface area contributed by atoms with Crippen LogP contribution in [0.15, 0.2) is 47.4 Å². The van der Waals surface area contributed by atoms with E-state index in [-0.39, 0.29) is 11.5 Å². The van der Waals surface area contributed by atoms with Crippen molar-refractivity contribution in [2.24, 2.45) is 0 Å². The highest BCUT2D eigenvalue weighted by atomic mass is 35.5. The Bertz CT molecular complexity index is 838. The number of benzene rings is 2. The highest BCUT2D eigenvalue weighted by Crippen LogP contribution is 2.24. The molecule has 0 radical (unpaired) electrons. The Hall–Kier alpha value is -2.31. The van der Waals surface area contributed by atoms with Crippen LogP contribution in [0.5, 0.6) is 0 Å². The molecule has 0 heterocycles. The normalized spacial score (nSPS) is 10.3. The molecule has 0 fully saturated rings. The van der Waals surface area contributed by atoms with Gasteiger partial charge in [-0.1, -0.05) is 29.8 Å². The van der Waals surface area contributed by atoms with Gasteiger partial charge in [-0.25, -0.2) is 4.79 Å². The summed E-state index contributed by atoms with van der Waals surface area (Å²) in [6.07, 6.45) is 0. The van der Waals surface area contributed by atoms with E-state index >= 15 is 0 Å². The summed E-state index contributed by atoms with van der Waals surface area (Å²) in [7, 11) is 0. The number of aryl methyl sites for hydroxylation is 1. The van der Waals surface area contributed by atoms with Crippen LogP contribution in [0.2, 0.25) is 5.02 Å². The van der Waals surface area contributed by atoms with E-state index in [4.69, 9.17) is 16.3 Å². The third-order valence-electron chi connectivity index (χ3n) is 3.27. The van der Waals surface area contributed by atoms with Crippen LogP contribution in [0.25, 0.3) is 0 Å². The van der Waals surface area contributed by atoms with Gasteiger partial charge in [0.1, 0.15) is 5.78 Å². The van der Waals surface area contributed by atoms with Gasteiger partial charge >= 0.3 is 5.97 Å². The molecule has 0 saturated heterocycles. The van der Waals surface area contributed by atoms with E-state index < -0.39 is 18.5 Å². The molecule has 0 aliphatic rings. The number of ketones is 1. The SMILES string of the molecule is CC(=O)CSc1ccccc1C(=O)OCC(=O)Nc1ccc(C)cc1Cl. The molecule has 0 saturated carbocycles. The number of carbonyl (C=O) groups is 3. The van der Waals surface area contributed by atoms with Crippen molar-refractivity contribution in [3.63, 3.8) is 0 Å². The number of rotatable bonds is 7. The number of thioether (sulfide) groups is 1. The molecule has 136 valence electrons. The molecule has 1 amide bonds. The topological polar surface area (TPSA) is 72.5 Å². The van der Waals surface area contributed by atoms with Crippen LogP contribution in [0.3, 0.4) is 0 Å². The highest BCUT2D eigenvalue weighted by molar-refractivity contribution is 8.00. The van der Waals surface area contributed by atoms with Crippen molar-refractivity contribution in [3.8, 4) is 0 Å². The maximum Gasteiger partial charge on any atom is 0.339 e. The van der Waals surface area contributed by atoms with Crippen molar-refractivity contribution in [3.05, 3.63) is 58.6 Å². The number of halogens is 1. The minimum absolute atomic E-state index is 0.00697. The van der Waals surface area contributed by atoms with Gasteiger partial charge in [0.2, 0.25) is 0 Å². The van der Waals surface area contributed by atoms with Crippen molar-refractivity contribution in [1.82, 2.24) is 0 Å². The van der Waals surface area contributed by atoms with Crippen molar-refractivity contribution in [2.75, 3.05) is 17.7 Å². The van der Waals surface area contributed by atoms with Crippen LogP contribution >= 0.6 is 23.4 Å². The van der Waals surface area contributed by atoms with E-state index in [9.17, 15) is 14.4 Å². The largest absolute Gasteiger partial charge is 0.452 e. The smallest absolute Gasteiger partial charge is 0.339 e. The number of hydrogen-bond acceptors (Lipinski definition) is 5. The van der Waals surface area contributed by atoms with Gasteiger partial charge in [0.05, 0.1) is 22.0 Å². The summed E-state index contributed by atoms with van der Waals surface area (Å²) in [6, 6.07) is 12.0. The standard InChI is InChI=1S/C19H18ClNO4S/c1-12-7-8-16(15(20)9-12)21-18(23)10-25-19(24)14-5-3-4-6-17(14)26-11-13(2)22/h3-9H,10-11H2,1-2H3,(H,21,23). The summed E-state index contributed by atoms with van der Waals surface area (Å²) >= 11 is 7.32. The number of esters is 1. The molecule has 7 heteroatoms. The van der Waals surface area contributed by atoms with Crippen molar-refractivity contribution in [2.45, 2.75) is 18.7 Å². The fourth-order valence-corrected chi connectivity index (χ4v) is 3.18. The average molecular weight is 392 g/mol. The zero-order valence-corrected chi connectivity index (χ0v) is 15.9. The summed E-state index contributed by atoms with van der Waals surface area (Å²) < 4.78 is 5.08. The van der Waals surface area contributed by atoms with E-state index in [1.54, 1.807) is 36.4 Å². The second-order valence-electron chi connectivity index (χ2n) is 5.59. The minimum atomic E-state index is -0.623. The first-order valence-corrected chi connectivity index (χ1v) is 9.17. The van der Waals surface area contributed by atoms with Gasteiger partial charge in [0.25, 0.3) is 5.91 Å². The molecular formula is C19H18ClNO4S. The lowest BCUT2D eigenvalue weighted by Gasteiger charge is -2.10. The predicted molar refractivity (Wildman–Crippen MR) is 103 cm³/mol. The lowest BCUT2D eigenvalue weighted by molar-refractivity contribution is -0.119. The summed E-state index contributed by atoms with van der Waals surface area (Å²) in [6.45, 7) is 2.93. The Labute approximate surface area is 161 Å². The molecule has 0 spiro atoms. The molecule has 0 aliphatic heterocycles. The molecule has 5 nitrogen and oxygen atoms in total. The Balaban J connectivity index is 1.96. The summed E-state index contributed by atoms with van der Waals surface area (Å²) in [4.78, 5) is 36.0. The van der Waals surface area contributed by atoms with E-state index in [1.165, 1.54) is 18.7 Å². The summed E-state index contributed by atoms with van der Waals surface area (Å²) in [5, 5.41) is 3.01. The fraction of sp³-hybridized carbons (Fsp3) is 0.211. The second kappa shape index (κ2) is 9.40. The number of Topliss-reactive ketones (excluding diaryl/α,β-unsaturated/α-hetero) is 1. The van der Waals surface area contributed by atoms with Crippen LogP contribution in [-0.4, -0.2) is 30.0 Å². The molecule has 0 unspecified atom stereocenters. The molecule has 2 aromatic rings. The predicted octanol–water partition coefficient (Wildman–Crippen LogP) is 4.13. The van der Waals surface area contributed by atoms with Crippen LogP contribution in [-0.2, 0) is 14.3 Å². The number of hydrogen-bond donors (Lipinski definition) is 1. The zero-order valence-electron chi connectivity index (χ0n) is 14.4. The van der Waals surface area contributed by atoms with Crippen molar-refractivity contribution in [1.29, 1.82) is 0 Å². The van der Waals surface area contributed by atoms with E-state index in [2.05, 4.69) is 5.32 Å². The summed E-state index contributed by atoms with van der Waals surface area (Å²) in [5.41, 5.74) is 1.75. The van der Waals surface area contributed by atoms with Crippen LogP contribution in [0.4, 0.5) is 5.69 Å². The monoisotopic (exact) mass is 391 g/mol. The molecule has 26 heavy (non-hydrogen) atoms. The lowest BCUT2D eigenvalue weighted by Crippen LogP contribution is -2.21. The highest BCUT2D eigenvalue weighted by Gasteiger charge is 2.15. The number of nitrogens with one attached hydrogen (secondary N) is 1. The van der Waals surface area contributed by atoms with Crippen molar-refractivity contribution >= 4 is 46.7 Å². The third kappa shape index (κ3) is 5.89. The Kier molecular flexibility index (Phi) is 7.24. The Morgan fingerprint density at radius 1 is 1.15 bits per heavy atom. The zero-order chi connectivity index (χ0) is 19.1.